The van der Waals surface area contributed by atoms with E-state index in [0.717, 1.165) is 56.4 Å². The highest BCUT2D eigenvalue weighted by Crippen LogP contribution is 2.23. The van der Waals surface area contributed by atoms with Crippen LogP contribution < -0.4 is 10.2 Å². The largest absolute Gasteiger partial charge is 0.356 e. The molecule has 154 valence electrons. The molecule has 0 bridgehead atoms. The van der Waals surface area contributed by atoms with Crippen molar-refractivity contribution in [2.24, 2.45) is 5.92 Å². The summed E-state index contributed by atoms with van der Waals surface area (Å²) in [5, 5.41) is 3.15. The zero-order valence-corrected chi connectivity index (χ0v) is 17.2. The van der Waals surface area contributed by atoms with Crippen LogP contribution in [0.3, 0.4) is 0 Å². The zero-order chi connectivity index (χ0) is 20.1. The minimum atomic E-state index is 0.101. The standard InChI is InChI=1S/C22H30N6O/c1-17-23-11-14-28(17)21-15-20(25-16-26-21)27-12-8-19(9-13-27)22(29)24-10-7-18-5-3-2-4-6-18/h5,11,14-16,19H,2-4,6-10,12-13H2,1H3,(H,24,29). The van der Waals surface area contributed by atoms with E-state index in [2.05, 4.69) is 31.2 Å². The SMILES string of the molecule is Cc1nccn1-c1cc(N2CCC(C(=O)NCCC3=CCCCC3)CC2)ncn1. The molecule has 1 saturated heterocycles. The number of piperidine rings is 1. The molecule has 0 atom stereocenters. The molecule has 7 nitrogen and oxygen atoms in total. The molecule has 0 aromatic carbocycles. The summed E-state index contributed by atoms with van der Waals surface area (Å²) in [6.07, 6.45) is 15.4. The fourth-order valence-electron chi connectivity index (χ4n) is 4.26. The third kappa shape index (κ3) is 4.83. The first-order valence-corrected chi connectivity index (χ1v) is 10.7. The van der Waals surface area contributed by atoms with Crippen LogP contribution in [0.25, 0.3) is 5.82 Å². The molecule has 0 saturated carbocycles. The van der Waals surface area contributed by atoms with Crippen LogP contribution in [0.5, 0.6) is 0 Å². The molecule has 1 fully saturated rings. The number of carbonyl (C=O) groups excluding carboxylic acids is 1. The molecular weight excluding hydrogens is 364 g/mol. The molecule has 1 aliphatic carbocycles. The Bertz CT molecular complexity index is 866. The van der Waals surface area contributed by atoms with Crippen molar-refractivity contribution in [1.29, 1.82) is 0 Å². The lowest BCUT2D eigenvalue weighted by atomic mass is 9.95. The van der Waals surface area contributed by atoms with Crippen LogP contribution >= 0.6 is 0 Å². The van der Waals surface area contributed by atoms with Gasteiger partial charge in [0.05, 0.1) is 0 Å². The summed E-state index contributed by atoms with van der Waals surface area (Å²) in [7, 11) is 0. The molecule has 3 heterocycles. The molecule has 7 heteroatoms. The van der Waals surface area contributed by atoms with Crippen molar-refractivity contribution in [3.8, 4) is 5.82 Å². The number of hydrogen-bond acceptors (Lipinski definition) is 5. The van der Waals surface area contributed by atoms with E-state index in [1.54, 1.807) is 12.5 Å². The molecule has 0 unspecified atom stereocenters. The van der Waals surface area contributed by atoms with E-state index in [-0.39, 0.29) is 11.8 Å². The zero-order valence-electron chi connectivity index (χ0n) is 17.2. The third-order valence-corrected chi connectivity index (χ3v) is 6.03. The van der Waals surface area contributed by atoms with E-state index in [1.807, 2.05) is 23.8 Å². The van der Waals surface area contributed by atoms with Gasteiger partial charge in [-0.1, -0.05) is 11.6 Å². The van der Waals surface area contributed by atoms with Gasteiger partial charge < -0.3 is 10.2 Å². The number of aromatic nitrogens is 4. The Morgan fingerprint density at radius 2 is 2.00 bits per heavy atom. The Morgan fingerprint density at radius 1 is 1.17 bits per heavy atom. The Balaban J connectivity index is 1.27. The van der Waals surface area contributed by atoms with Crippen molar-refractivity contribution in [2.45, 2.75) is 51.9 Å². The lowest BCUT2D eigenvalue weighted by Gasteiger charge is -2.32. The van der Waals surface area contributed by atoms with Crippen molar-refractivity contribution in [3.05, 3.63) is 42.3 Å². The van der Waals surface area contributed by atoms with Crippen molar-refractivity contribution >= 4 is 11.7 Å². The Hall–Kier alpha value is -2.70. The van der Waals surface area contributed by atoms with Gasteiger partial charge in [0.1, 0.15) is 23.8 Å². The Kier molecular flexibility index (Phi) is 6.22. The van der Waals surface area contributed by atoms with Crippen LogP contribution in [0, 0.1) is 12.8 Å². The monoisotopic (exact) mass is 394 g/mol. The molecule has 0 spiro atoms. The van der Waals surface area contributed by atoms with Crippen molar-refractivity contribution in [2.75, 3.05) is 24.5 Å². The summed E-state index contributed by atoms with van der Waals surface area (Å²) in [6.45, 7) is 4.40. The van der Waals surface area contributed by atoms with Gasteiger partial charge in [0.2, 0.25) is 5.91 Å². The van der Waals surface area contributed by atoms with Crippen LogP contribution in [0.2, 0.25) is 0 Å². The topological polar surface area (TPSA) is 75.9 Å². The maximum Gasteiger partial charge on any atom is 0.223 e. The highest BCUT2D eigenvalue weighted by Gasteiger charge is 2.25. The van der Waals surface area contributed by atoms with Crippen LogP contribution in [0.1, 0.15) is 50.8 Å². The molecular formula is C22H30N6O. The molecule has 1 aliphatic heterocycles. The van der Waals surface area contributed by atoms with Gasteiger partial charge >= 0.3 is 0 Å². The number of imidazole rings is 1. The first-order valence-electron chi connectivity index (χ1n) is 10.7. The predicted molar refractivity (Wildman–Crippen MR) is 113 cm³/mol. The molecule has 2 aromatic rings. The fraction of sp³-hybridized carbons (Fsp3) is 0.545. The highest BCUT2D eigenvalue weighted by atomic mass is 16.1. The number of nitrogens with zero attached hydrogens (tertiary/aromatic N) is 5. The van der Waals surface area contributed by atoms with Crippen molar-refractivity contribution in [1.82, 2.24) is 24.8 Å². The summed E-state index contributed by atoms with van der Waals surface area (Å²) in [4.78, 5) is 27.9. The molecule has 2 aromatic heterocycles. The average molecular weight is 395 g/mol. The van der Waals surface area contributed by atoms with E-state index in [9.17, 15) is 4.79 Å². The second-order valence-electron chi connectivity index (χ2n) is 7.99. The number of amides is 1. The molecule has 1 N–H and O–H groups in total. The molecule has 4 rings (SSSR count). The summed E-state index contributed by atoms with van der Waals surface area (Å²) in [5.41, 5.74) is 1.51. The number of nitrogens with one attached hydrogen (secondary N) is 1. The first-order chi connectivity index (χ1) is 14.2. The van der Waals surface area contributed by atoms with E-state index in [1.165, 1.54) is 31.3 Å². The molecule has 0 radical (unpaired) electrons. The van der Waals surface area contributed by atoms with Gasteiger partial charge in [0.15, 0.2) is 0 Å². The predicted octanol–water partition coefficient (Wildman–Crippen LogP) is 3.19. The number of hydrogen-bond donors (Lipinski definition) is 1. The average Bonchev–Trinajstić information content (AvgIpc) is 3.20. The van der Waals surface area contributed by atoms with Crippen molar-refractivity contribution in [3.63, 3.8) is 0 Å². The van der Waals surface area contributed by atoms with Gasteiger partial charge in [0, 0.05) is 44.0 Å². The number of anilines is 1. The van der Waals surface area contributed by atoms with Crippen LogP contribution in [0.4, 0.5) is 5.82 Å². The van der Waals surface area contributed by atoms with E-state index in [0.29, 0.717) is 0 Å². The van der Waals surface area contributed by atoms with Gasteiger partial charge in [-0.05, 0) is 51.9 Å². The van der Waals surface area contributed by atoms with Crippen LogP contribution in [0.15, 0.2) is 36.4 Å². The lowest BCUT2D eigenvalue weighted by Crippen LogP contribution is -2.41. The molecule has 29 heavy (non-hydrogen) atoms. The first kappa shape index (κ1) is 19.6. The summed E-state index contributed by atoms with van der Waals surface area (Å²) >= 11 is 0. The molecule has 2 aliphatic rings. The summed E-state index contributed by atoms with van der Waals surface area (Å²) < 4.78 is 1.95. The van der Waals surface area contributed by atoms with Gasteiger partial charge in [0.25, 0.3) is 0 Å². The second kappa shape index (κ2) is 9.20. The number of rotatable bonds is 6. The van der Waals surface area contributed by atoms with E-state index in [4.69, 9.17) is 0 Å². The smallest absolute Gasteiger partial charge is 0.223 e. The van der Waals surface area contributed by atoms with E-state index >= 15 is 0 Å². The maximum atomic E-state index is 12.5. The van der Waals surface area contributed by atoms with Crippen LogP contribution in [-0.2, 0) is 4.79 Å². The molecule has 1 amide bonds. The summed E-state index contributed by atoms with van der Waals surface area (Å²) in [6, 6.07) is 1.99. The van der Waals surface area contributed by atoms with E-state index < -0.39 is 0 Å². The number of carbonyl (C=O) groups is 1. The van der Waals surface area contributed by atoms with Gasteiger partial charge in [-0.2, -0.15) is 0 Å². The minimum absolute atomic E-state index is 0.101. The van der Waals surface area contributed by atoms with Crippen molar-refractivity contribution < 1.29 is 4.79 Å². The minimum Gasteiger partial charge on any atom is -0.356 e. The normalized spacial score (nSPS) is 17.8. The van der Waals surface area contributed by atoms with Gasteiger partial charge in [-0.25, -0.2) is 15.0 Å². The summed E-state index contributed by atoms with van der Waals surface area (Å²) in [5.74, 6) is 2.93. The fourth-order valence-corrected chi connectivity index (χ4v) is 4.26. The third-order valence-electron chi connectivity index (χ3n) is 6.03. The number of allylic oxidation sites excluding steroid dienone is 1. The van der Waals surface area contributed by atoms with Gasteiger partial charge in [-0.3, -0.25) is 9.36 Å². The quantitative estimate of drug-likeness (QED) is 0.762. The Labute approximate surface area is 172 Å². The lowest BCUT2D eigenvalue weighted by molar-refractivity contribution is -0.125. The Morgan fingerprint density at radius 3 is 2.72 bits per heavy atom. The highest BCUT2D eigenvalue weighted by molar-refractivity contribution is 5.79. The number of aryl methyl sites for hydroxylation is 1. The second-order valence-corrected chi connectivity index (χ2v) is 7.99. The van der Waals surface area contributed by atoms with Gasteiger partial charge in [-0.15, -0.1) is 0 Å². The maximum absolute atomic E-state index is 12.5. The van der Waals surface area contributed by atoms with Crippen LogP contribution in [-0.4, -0.2) is 45.1 Å².